The second-order valence-electron chi connectivity index (χ2n) is 10.6. The molecule has 1 N–H and O–H groups in total. The first-order chi connectivity index (χ1) is 17.1. The van der Waals surface area contributed by atoms with E-state index in [1.807, 2.05) is 4.90 Å². The first-order valence-corrected chi connectivity index (χ1v) is 12.9. The molecule has 1 amide bonds. The zero-order valence-corrected chi connectivity index (χ0v) is 20.4. The van der Waals surface area contributed by atoms with Crippen LogP contribution in [0, 0.1) is 17.8 Å². The average Bonchev–Trinajstić information content (AvgIpc) is 3.49. The lowest BCUT2D eigenvalue weighted by molar-refractivity contribution is -0.130. The van der Waals surface area contributed by atoms with Crippen molar-refractivity contribution in [3.8, 4) is 12.3 Å². The number of amides is 1. The number of nitrogens with zero attached hydrogens (tertiary/aromatic N) is 2. The number of hydrogen-bond acceptors (Lipinski definition) is 3. The third kappa shape index (κ3) is 3.72. The molecular weight excluding hydrogens is 434 g/mol. The number of fused-ring (bicyclic) bond motifs is 3. The fourth-order valence-electron chi connectivity index (χ4n) is 6.37. The fraction of sp³-hybridized carbons (Fsp3) is 0.433. The molecule has 6 rings (SSSR count). The van der Waals surface area contributed by atoms with Gasteiger partial charge in [-0.3, -0.25) is 4.79 Å². The van der Waals surface area contributed by atoms with Crippen LogP contribution in [0.25, 0.3) is 10.9 Å². The third-order valence-corrected chi connectivity index (χ3v) is 8.31. The van der Waals surface area contributed by atoms with E-state index in [-0.39, 0.29) is 18.0 Å². The van der Waals surface area contributed by atoms with Crippen LogP contribution in [0.2, 0.25) is 0 Å². The van der Waals surface area contributed by atoms with Gasteiger partial charge in [-0.1, -0.05) is 50.1 Å². The normalized spacial score (nSPS) is 22.7. The first-order valence-electron chi connectivity index (χ1n) is 12.9. The highest BCUT2D eigenvalue weighted by atomic mass is 16.5. The maximum Gasteiger partial charge on any atom is 0.299 e. The maximum absolute atomic E-state index is 13.2. The number of aromatic amines is 1. The van der Waals surface area contributed by atoms with E-state index in [1.54, 1.807) is 0 Å². The monoisotopic (exact) mass is 467 g/mol. The molecule has 0 saturated carbocycles. The molecule has 2 atom stereocenters. The Labute approximate surface area is 207 Å². The number of unbranched alkanes of at least 4 members (excludes halogenated alkanes) is 1. The summed E-state index contributed by atoms with van der Waals surface area (Å²) in [6.07, 6.45) is 10.9. The van der Waals surface area contributed by atoms with Gasteiger partial charge in [-0.25, -0.2) is 0 Å². The highest BCUT2D eigenvalue weighted by Crippen LogP contribution is 2.43. The third-order valence-electron chi connectivity index (χ3n) is 8.31. The fourth-order valence-corrected chi connectivity index (χ4v) is 6.37. The Morgan fingerprint density at radius 3 is 2.69 bits per heavy atom. The number of para-hydroxylation sites is 1. The SMILES string of the molecule is C#CC(=O)N1[C@@H](CCCC)Cc2c([nH]c3ccccc23)[C@@H]1c1ccc(N2CCC3(COC3)C2)cc1. The van der Waals surface area contributed by atoms with Gasteiger partial charge in [-0.2, -0.15) is 0 Å². The number of nitrogens with one attached hydrogen (secondary N) is 1. The summed E-state index contributed by atoms with van der Waals surface area (Å²) in [4.78, 5) is 21.3. The van der Waals surface area contributed by atoms with Crippen LogP contribution in [0.3, 0.4) is 0 Å². The topological polar surface area (TPSA) is 48.6 Å². The van der Waals surface area contributed by atoms with Gasteiger partial charge in [0, 0.05) is 46.8 Å². The van der Waals surface area contributed by atoms with Crippen LogP contribution in [0.15, 0.2) is 48.5 Å². The largest absolute Gasteiger partial charge is 0.380 e. The minimum Gasteiger partial charge on any atom is -0.380 e. The van der Waals surface area contributed by atoms with E-state index in [9.17, 15) is 4.79 Å². The van der Waals surface area contributed by atoms with Gasteiger partial charge >= 0.3 is 0 Å². The molecule has 0 aliphatic carbocycles. The van der Waals surface area contributed by atoms with Crippen molar-refractivity contribution in [2.45, 2.75) is 51.1 Å². The van der Waals surface area contributed by atoms with Crippen LogP contribution >= 0.6 is 0 Å². The number of carbonyl (C=O) groups excluding carboxylic acids is 1. The van der Waals surface area contributed by atoms with Crippen molar-refractivity contribution < 1.29 is 9.53 Å². The van der Waals surface area contributed by atoms with Crippen LogP contribution < -0.4 is 4.90 Å². The van der Waals surface area contributed by atoms with Gasteiger partial charge in [0.2, 0.25) is 0 Å². The molecule has 35 heavy (non-hydrogen) atoms. The molecule has 2 fully saturated rings. The summed E-state index contributed by atoms with van der Waals surface area (Å²) >= 11 is 0. The number of rotatable bonds is 5. The lowest BCUT2D eigenvalue weighted by atomic mass is 9.85. The van der Waals surface area contributed by atoms with Crippen molar-refractivity contribution in [1.29, 1.82) is 0 Å². The molecule has 1 aromatic heterocycles. The Bertz CT molecular complexity index is 1280. The summed E-state index contributed by atoms with van der Waals surface area (Å²) in [5, 5.41) is 1.25. The quantitative estimate of drug-likeness (QED) is 0.534. The lowest BCUT2D eigenvalue weighted by Gasteiger charge is -2.41. The van der Waals surface area contributed by atoms with Crippen LogP contribution in [0.1, 0.15) is 55.5 Å². The van der Waals surface area contributed by atoms with Crippen molar-refractivity contribution in [3.63, 3.8) is 0 Å². The Hall–Kier alpha value is -3.23. The molecule has 3 aliphatic heterocycles. The predicted octanol–water partition coefficient (Wildman–Crippen LogP) is 5.06. The predicted molar refractivity (Wildman–Crippen MR) is 139 cm³/mol. The Morgan fingerprint density at radius 2 is 2.00 bits per heavy atom. The van der Waals surface area contributed by atoms with Gasteiger partial charge in [-0.05, 0) is 54.5 Å². The summed E-state index contributed by atoms with van der Waals surface area (Å²) in [6, 6.07) is 17.1. The molecular formula is C30H33N3O2. The molecule has 5 heteroatoms. The van der Waals surface area contributed by atoms with Crippen molar-refractivity contribution in [2.75, 3.05) is 31.2 Å². The molecule has 0 bridgehead atoms. The zero-order chi connectivity index (χ0) is 24.0. The average molecular weight is 468 g/mol. The number of H-pyrrole nitrogens is 1. The van der Waals surface area contributed by atoms with Gasteiger partial charge in [0.1, 0.15) is 0 Å². The highest BCUT2D eigenvalue weighted by Gasteiger charge is 2.44. The Morgan fingerprint density at radius 1 is 1.20 bits per heavy atom. The van der Waals surface area contributed by atoms with Gasteiger partial charge in [0.05, 0.1) is 19.3 Å². The Balaban J connectivity index is 1.40. The van der Waals surface area contributed by atoms with Crippen LogP contribution in [-0.4, -0.2) is 48.1 Å². The van der Waals surface area contributed by atoms with Crippen LogP contribution in [-0.2, 0) is 16.0 Å². The molecule has 2 aromatic carbocycles. The summed E-state index contributed by atoms with van der Waals surface area (Å²) in [6.45, 7) is 6.09. The minimum absolute atomic E-state index is 0.0898. The van der Waals surface area contributed by atoms with Gasteiger partial charge in [0.25, 0.3) is 5.91 Å². The maximum atomic E-state index is 13.2. The summed E-state index contributed by atoms with van der Waals surface area (Å²) < 4.78 is 5.50. The smallest absolute Gasteiger partial charge is 0.299 e. The summed E-state index contributed by atoms with van der Waals surface area (Å²) in [5.41, 5.74) is 6.23. The molecule has 0 radical (unpaired) electrons. The van der Waals surface area contributed by atoms with E-state index in [4.69, 9.17) is 11.2 Å². The molecule has 4 heterocycles. The number of aromatic nitrogens is 1. The van der Waals surface area contributed by atoms with E-state index in [0.717, 1.165) is 68.8 Å². The molecule has 3 aromatic rings. The van der Waals surface area contributed by atoms with Crippen molar-refractivity contribution in [2.24, 2.45) is 5.41 Å². The standard InChI is InChI=1S/C30H33N3O2/c1-3-5-8-23-17-25-24-9-6-7-10-26(24)31-28(25)29(33(23)27(34)4-2)21-11-13-22(14-12-21)32-16-15-30(18-32)19-35-20-30/h2,6-7,9-14,23,29,31H,3,5,8,15-20H2,1H3/t23-,29-/m0/s1. The highest BCUT2D eigenvalue weighted by molar-refractivity contribution is 5.95. The van der Waals surface area contributed by atoms with Crippen LogP contribution in [0.4, 0.5) is 5.69 Å². The lowest BCUT2D eigenvalue weighted by Crippen LogP contribution is -2.47. The van der Waals surface area contributed by atoms with Crippen molar-refractivity contribution >= 4 is 22.5 Å². The molecule has 2 saturated heterocycles. The Kier molecular flexibility index (Phi) is 5.57. The number of terminal acetylenes is 1. The van der Waals surface area contributed by atoms with E-state index in [2.05, 4.69) is 71.3 Å². The second kappa shape index (κ2) is 8.77. The van der Waals surface area contributed by atoms with E-state index in [1.165, 1.54) is 23.1 Å². The van der Waals surface area contributed by atoms with E-state index >= 15 is 0 Å². The number of benzene rings is 2. The molecule has 1 spiro atoms. The number of hydrogen-bond donors (Lipinski definition) is 1. The summed E-state index contributed by atoms with van der Waals surface area (Å²) in [7, 11) is 0. The summed E-state index contributed by atoms with van der Waals surface area (Å²) in [5.74, 6) is 2.21. The van der Waals surface area contributed by atoms with Gasteiger partial charge < -0.3 is 19.5 Å². The first kappa shape index (κ1) is 22.2. The van der Waals surface area contributed by atoms with Gasteiger partial charge in [-0.15, -0.1) is 6.42 Å². The molecule has 5 nitrogen and oxygen atoms in total. The number of carbonyl (C=O) groups is 1. The van der Waals surface area contributed by atoms with Crippen molar-refractivity contribution in [1.82, 2.24) is 9.88 Å². The zero-order valence-electron chi connectivity index (χ0n) is 20.4. The minimum atomic E-state index is -0.226. The number of anilines is 1. The van der Waals surface area contributed by atoms with Crippen molar-refractivity contribution in [3.05, 3.63) is 65.4 Å². The molecule has 0 unspecified atom stereocenters. The second-order valence-corrected chi connectivity index (χ2v) is 10.6. The molecule has 3 aliphatic rings. The van der Waals surface area contributed by atoms with E-state index < -0.39 is 0 Å². The van der Waals surface area contributed by atoms with Gasteiger partial charge in [0.15, 0.2) is 0 Å². The van der Waals surface area contributed by atoms with Crippen LogP contribution in [0.5, 0.6) is 0 Å². The van der Waals surface area contributed by atoms with E-state index in [0.29, 0.717) is 5.41 Å². The number of ether oxygens (including phenoxy) is 1. The molecule has 180 valence electrons.